The summed E-state index contributed by atoms with van der Waals surface area (Å²) in [6.45, 7) is 0. The van der Waals surface area contributed by atoms with Crippen molar-refractivity contribution < 1.29 is 9.13 Å². The Morgan fingerprint density at radius 2 is 2.20 bits per heavy atom. The Morgan fingerprint density at radius 3 is 2.70 bits per heavy atom. The molecule has 54 valence electrons. The van der Waals surface area contributed by atoms with Gasteiger partial charge in [-0.05, 0) is 40.8 Å². The van der Waals surface area contributed by atoms with Crippen molar-refractivity contribution in [2.45, 2.75) is 0 Å². The van der Waals surface area contributed by atoms with Crippen LogP contribution in [0, 0.1) is 9.39 Å². The second kappa shape index (κ2) is 3.18. The predicted molar refractivity (Wildman–Crippen MR) is 45.7 cm³/mol. The number of halogens is 2. The lowest BCUT2D eigenvalue weighted by Gasteiger charge is -2.00. The molecule has 0 heterocycles. The molecule has 0 aliphatic heterocycles. The van der Waals surface area contributed by atoms with E-state index < -0.39 is 0 Å². The molecule has 0 saturated heterocycles. The smallest absolute Gasteiger partial charge is 0.132 e. The quantitative estimate of drug-likeness (QED) is 0.697. The van der Waals surface area contributed by atoms with E-state index in [4.69, 9.17) is 4.74 Å². The van der Waals surface area contributed by atoms with Crippen molar-refractivity contribution in [1.82, 2.24) is 0 Å². The van der Waals surface area contributed by atoms with Crippen LogP contribution in [0.25, 0.3) is 0 Å². The first kappa shape index (κ1) is 7.78. The highest BCUT2D eigenvalue weighted by molar-refractivity contribution is 14.1. The van der Waals surface area contributed by atoms with E-state index in [1.807, 2.05) is 22.6 Å². The van der Waals surface area contributed by atoms with Crippen molar-refractivity contribution in [2.75, 3.05) is 7.11 Å². The Morgan fingerprint density at radius 1 is 1.50 bits per heavy atom. The second-order valence-electron chi connectivity index (χ2n) is 1.78. The lowest BCUT2D eigenvalue weighted by Crippen LogP contribution is -1.86. The van der Waals surface area contributed by atoms with Crippen LogP contribution < -0.4 is 4.74 Å². The van der Waals surface area contributed by atoms with Crippen LogP contribution in [0.15, 0.2) is 18.2 Å². The van der Waals surface area contributed by atoms with Gasteiger partial charge >= 0.3 is 0 Å². The highest BCUT2D eigenvalue weighted by Gasteiger charge is 1.98. The van der Waals surface area contributed by atoms with Crippen molar-refractivity contribution in [3.8, 4) is 5.75 Å². The molecule has 0 spiro atoms. The summed E-state index contributed by atoms with van der Waals surface area (Å²) in [5, 5.41) is 0. The summed E-state index contributed by atoms with van der Waals surface area (Å²) in [5.41, 5.74) is 0. The van der Waals surface area contributed by atoms with Crippen molar-refractivity contribution >= 4 is 22.6 Å². The van der Waals surface area contributed by atoms with Crippen molar-refractivity contribution in [1.29, 1.82) is 0 Å². The summed E-state index contributed by atoms with van der Waals surface area (Å²) in [5.74, 6) is 0.479. The molecule has 0 saturated carbocycles. The first-order valence-corrected chi connectivity index (χ1v) is 3.81. The molecule has 1 aromatic rings. The van der Waals surface area contributed by atoms with Crippen LogP contribution in [0.5, 0.6) is 5.75 Å². The van der Waals surface area contributed by atoms with E-state index in [0.717, 1.165) is 3.57 Å². The Hall–Kier alpha value is -0.320. The van der Waals surface area contributed by atoms with Crippen LogP contribution >= 0.6 is 22.6 Å². The van der Waals surface area contributed by atoms with Gasteiger partial charge < -0.3 is 4.74 Å². The normalized spacial score (nSPS) is 9.50. The molecular formula is C7H6FIO. The third-order valence-electron chi connectivity index (χ3n) is 1.11. The zero-order valence-electron chi connectivity index (χ0n) is 5.40. The minimum absolute atomic E-state index is 0.231. The van der Waals surface area contributed by atoms with Gasteiger partial charge in [0.2, 0.25) is 0 Å². The molecule has 0 fully saturated rings. The lowest BCUT2D eigenvalue weighted by molar-refractivity contribution is 0.410. The summed E-state index contributed by atoms with van der Waals surface area (Å²) in [4.78, 5) is 0. The maximum Gasteiger partial charge on any atom is 0.132 e. The molecule has 0 aliphatic rings. The van der Waals surface area contributed by atoms with Gasteiger partial charge in [0.05, 0.1) is 10.7 Å². The van der Waals surface area contributed by atoms with Crippen LogP contribution in [-0.2, 0) is 0 Å². The van der Waals surface area contributed by atoms with E-state index >= 15 is 0 Å². The maximum absolute atomic E-state index is 12.4. The average molecular weight is 252 g/mol. The SMILES string of the molecule is COc1ccc(F)cc1I. The number of benzene rings is 1. The summed E-state index contributed by atoms with van der Waals surface area (Å²) >= 11 is 2.02. The van der Waals surface area contributed by atoms with Crippen LogP contribution in [-0.4, -0.2) is 7.11 Å². The highest BCUT2D eigenvalue weighted by atomic mass is 127. The largest absolute Gasteiger partial charge is 0.496 e. The van der Waals surface area contributed by atoms with Gasteiger partial charge in [-0.1, -0.05) is 0 Å². The molecule has 0 N–H and O–H groups in total. The molecule has 0 unspecified atom stereocenters. The van der Waals surface area contributed by atoms with Crippen molar-refractivity contribution in [3.63, 3.8) is 0 Å². The molecule has 0 aromatic heterocycles. The first-order chi connectivity index (χ1) is 4.74. The molecule has 0 atom stereocenters. The minimum atomic E-state index is -0.231. The van der Waals surface area contributed by atoms with E-state index in [1.165, 1.54) is 12.1 Å². The number of rotatable bonds is 1. The standard InChI is InChI=1S/C7H6FIO/c1-10-7-3-2-5(8)4-6(7)9/h2-4H,1H3. The van der Waals surface area contributed by atoms with E-state index in [-0.39, 0.29) is 5.82 Å². The molecule has 1 nitrogen and oxygen atoms in total. The van der Waals surface area contributed by atoms with Gasteiger partial charge in [0.25, 0.3) is 0 Å². The fourth-order valence-electron chi connectivity index (χ4n) is 0.641. The van der Waals surface area contributed by atoms with Gasteiger partial charge in [-0.2, -0.15) is 0 Å². The second-order valence-corrected chi connectivity index (χ2v) is 2.94. The van der Waals surface area contributed by atoms with E-state index in [0.29, 0.717) is 5.75 Å². The third-order valence-corrected chi connectivity index (χ3v) is 1.96. The molecule has 10 heavy (non-hydrogen) atoms. The van der Waals surface area contributed by atoms with Gasteiger partial charge in [0.1, 0.15) is 11.6 Å². The first-order valence-electron chi connectivity index (χ1n) is 2.73. The van der Waals surface area contributed by atoms with Gasteiger partial charge in [0.15, 0.2) is 0 Å². The van der Waals surface area contributed by atoms with Crippen LogP contribution in [0.2, 0.25) is 0 Å². The van der Waals surface area contributed by atoms with E-state index in [1.54, 1.807) is 13.2 Å². The Balaban J connectivity index is 3.07. The fraction of sp³-hybridized carbons (Fsp3) is 0.143. The van der Waals surface area contributed by atoms with Crippen LogP contribution in [0.4, 0.5) is 4.39 Å². The van der Waals surface area contributed by atoms with Gasteiger partial charge in [-0.15, -0.1) is 0 Å². The van der Waals surface area contributed by atoms with E-state index in [2.05, 4.69) is 0 Å². The maximum atomic E-state index is 12.4. The monoisotopic (exact) mass is 252 g/mol. The van der Waals surface area contributed by atoms with Gasteiger partial charge in [-0.25, -0.2) is 4.39 Å². The van der Waals surface area contributed by atoms with Crippen LogP contribution in [0.1, 0.15) is 0 Å². The summed E-state index contributed by atoms with van der Waals surface area (Å²) in [6, 6.07) is 4.41. The summed E-state index contributed by atoms with van der Waals surface area (Å²) in [6.07, 6.45) is 0. The highest BCUT2D eigenvalue weighted by Crippen LogP contribution is 2.20. The van der Waals surface area contributed by atoms with Crippen molar-refractivity contribution in [3.05, 3.63) is 27.6 Å². The minimum Gasteiger partial charge on any atom is -0.496 e. The summed E-state index contributed by atoms with van der Waals surface area (Å²) in [7, 11) is 1.56. The predicted octanol–water partition coefficient (Wildman–Crippen LogP) is 2.44. The number of hydrogen-bond acceptors (Lipinski definition) is 1. The molecule has 0 radical (unpaired) electrons. The molecule has 1 aromatic carbocycles. The molecule has 0 amide bonds. The Labute approximate surface area is 72.3 Å². The lowest BCUT2D eigenvalue weighted by atomic mass is 10.3. The molecule has 1 rings (SSSR count). The summed E-state index contributed by atoms with van der Waals surface area (Å²) < 4.78 is 18.1. The van der Waals surface area contributed by atoms with Crippen LogP contribution in [0.3, 0.4) is 0 Å². The molecule has 0 bridgehead atoms. The Kier molecular flexibility index (Phi) is 2.48. The average Bonchev–Trinajstić information content (AvgIpc) is 1.88. The zero-order valence-corrected chi connectivity index (χ0v) is 7.55. The number of ether oxygens (including phenoxy) is 1. The van der Waals surface area contributed by atoms with Crippen molar-refractivity contribution in [2.24, 2.45) is 0 Å². The van der Waals surface area contributed by atoms with Gasteiger partial charge in [-0.3, -0.25) is 0 Å². The molecule has 0 aliphatic carbocycles. The van der Waals surface area contributed by atoms with E-state index in [9.17, 15) is 4.39 Å². The third kappa shape index (κ3) is 1.59. The molecular weight excluding hydrogens is 246 g/mol. The van der Waals surface area contributed by atoms with Gasteiger partial charge in [0, 0.05) is 0 Å². The Bertz CT molecular complexity index is 237. The number of hydrogen-bond donors (Lipinski definition) is 0. The number of methoxy groups -OCH3 is 1. The topological polar surface area (TPSA) is 9.23 Å². The fourth-order valence-corrected chi connectivity index (χ4v) is 1.34. The molecule has 3 heteroatoms. The zero-order chi connectivity index (χ0) is 7.56.